The molecule has 1 aliphatic rings. The number of carbonyl (C=O) groups is 2. The summed E-state index contributed by atoms with van der Waals surface area (Å²) in [5.41, 5.74) is 6.78. The van der Waals surface area contributed by atoms with Gasteiger partial charge in [0.15, 0.2) is 5.82 Å². The molecule has 0 bridgehead atoms. The number of hydrogen-bond acceptors (Lipinski definition) is 4. The van der Waals surface area contributed by atoms with Crippen LogP contribution in [0, 0.1) is 29.4 Å². The molecule has 160 valence electrons. The Morgan fingerprint density at radius 3 is 2.50 bits per heavy atom. The highest BCUT2D eigenvalue weighted by molar-refractivity contribution is 5.92. The zero-order valence-corrected chi connectivity index (χ0v) is 17.1. The van der Waals surface area contributed by atoms with Gasteiger partial charge in [-0.2, -0.15) is 0 Å². The second-order valence-corrected chi connectivity index (χ2v) is 7.44. The van der Waals surface area contributed by atoms with Crippen LogP contribution in [0.15, 0.2) is 48.5 Å². The molecule has 0 aliphatic carbocycles. The average Bonchev–Trinajstić information content (AvgIpc) is 3.09. The number of nitrogens with two attached hydrogens (primary N) is 1. The maximum Gasteiger partial charge on any atom is 0.267 e. The number of rotatable bonds is 3. The van der Waals surface area contributed by atoms with Crippen molar-refractivity contribution in [3.05, 3.63) is 71.4 Å². The van der Waals surface area contributed by atoms with Crippen LogP contribution in [-0.4, -0.2) is 40.3 Å². The fourth-order valence-electron chi connectivity index (χ4n) is 3.42. The van der Waals surface area contributed by atoms with Gasteiger partial charge in [-0.05, 0) is 36.8 Å². The molecule has 2 aromatic carbocycles. The Labute approximate surface area is 183 Å². The number of primary amides is 1. The van der Waals surface area contributed by atoms with Crippen LogP contribution >= 0.6 is 0 Å². The molecule has 3 aromatic rings. The summed E-state index contributed by atoms with van der Waals surface area (Å²) in [6, 6.07) is 11.2. The maximum absolute atomic E-state index is 13.7. The molecule has 0 spiro atoms. The molecule has 1 aromatic heterocycles. The third-order valence-electron chi connectivity index (χ3n) is 5.08. The summed E-state index contributed by atoms with van der Waals surface area (Å²) in [7, 11) is 1.75. The summed E-state index contributed by atoms with van der Waals surface area (Å²) < 4.78 is 27.4. The SMILES string of the molecule is CN1CC[C@@H](C#Cc2cccc(-c3nc(C(N)=O)cc(-c4cc(F)cc(F)c4)n3)c2)C1=O. The van der Waals surface area contributed by atoms with Crippen molar-refractivity contribution >= 4 is 11.8 Å². The summed E-state index contributed by atoms with van der Waals surface area (Å²) in [6.07, 6.45) is 0.680. The lowest BCUT2D eigenvalue weighted by Crippen LogP contribution is -2.21. The molecule has 2 heterocycles. The number of benzene rings is 2. The molecule has 1 atom stereocenters. The molecule has 1 fully saturated rings. The zero-order chi connectivity index (χ0) is 22.8. The predicted molar refractivity (Wildman–Crippen MR) is 114 cm³/mol. The van der Waals surface area contributed by atoms with Crippen LogP contribution in [0.1, 0.15) is 22.5 Å². The fourth-order valence-corrected chi connectivity index (χ4v) is 3.42. The second kappa shape index (κ2) is 8.55. The molecule has 0 unspecified atom stereocenters. The molecule has 1 saturated heterocycles. The number of amides is 2. The smallest absolute Gasteiger partial charge is 0.267 e. The molecule has 32 heavy (non-hydrogen) atoms. The Kier molecular flexibility index (Phi) is 5.65. The number of likely N-dealkylation sites (tertiary alicyclic amines) is 1. The molecule has 4 rings (SSSR count). The Balaban J connectivity index is 1.74. The van der Waals surface area contributed by atoms with Crippen molar-refractivity contribution in [3.63, 3.8) is 0 Å². The summed E-state index contributed by atoms with van der Waals surface area (Å²) >= 11 is 0. The molecular weight excluding hydrogens is 414 g/mol. The molecule has 1 aliphatic heterocycles. The quantitative estimate of drug-likeness (QED) is 0.645. The summed E-state index contributed by atoms with van der Waals surface area (Å²) in [5.74, 6) is 3.47. The van der Waals surface area contributed by atoms with Crippen molar-refractivity contribution in [2.75, 3.05) is 13.6 Å². The van der Waals surface area contributed by atoms with E-state index >= 15 is 0 Å². The highest BCUT2D eigenvalue weighted by atomic mass is 19.1. The topological polar surface area (TPSA) is 89.2 Å². The minimum absolute atomic E-state index is 0.00175. The number of nitrogens with zero attached hydrogens (tertiary/aromatic N) is 3. The van der Waals surface area contributed by atoms with E-state index in [0.29, 0.717) is 24.1 Å². The van der Waals surface area contributed by atoms with Gasteiger partial charge in [0.05, 0.1) is 5.69 Å². The first-order valence-electron chi connectivity index (χ1n) is 9.82. The molecular formula is C24H18F2N4O2. The van der Waals surface area contributed by atoms with E-state index in [1.165, 1.54) is 6.07 Å². The van der Waals surface area contributed by atoms with Gasteiger partial charge in [-0.25, -0.2) is 18.7 Å². The Morgan fingerprint density at radius 1 is 1.09 bits per heavy atom. The molecule has 2 amide bonds. The van der Waals surface area contributed by atoms with E-state index in [2.05, 4.69) is 21.8 Å². The standard InChI is InChI=1S/C24H18F2N4O2/c1-30-8-7-15(24(30)32)6-5-14-3-2-4-16(9-14)23-28-20(13-21(29-23)22(27)31)17-10-18(25)12-19(26)11-17/h2-4,9-13,15H,7-8H2,1H3,(H2,27,31)/t15-/m1/s1. The van der Waals surface area contributed by atoms with Gasteiger partial charge in [-0.15, -0.1) is 0 Å². The van der Waals surface area contributed by atoms with Crippen LogP contribution in [0.3, 0.4) is 0 Å². The maximum atomic E-state index is 13.7. The lowest BCUT2D eigenvalue weighted by Gasteiger charge is -2.08. The van der Waals surface area contributed by atoms with Gasteiger partial charge in [-0.1, -0.05) is 24.0 Å². The molecule has 8 heteroatoms. The molecule has 2 N–H and O–H groups in total. The van der Waals surface area contributed by atoms with Crippen LogP contribution < -0.4 is 5.73 Å². The first-order valence-corrected chi connectivity index (χ1v) is 9.82. The largest absolute Gasteiger partial charge is 0.364 e. The van der Waals surface area contributed by atoms with Crippen molar-refractivity contribution < 1.29 is 18.4 Å². The summed E-state index contributed by atoms with van der Waals surface area (Å²) in [6.45, 7) is 0.676. The third kappa shape index (κ3) is 4.47. The molecule has 0 radical (unpaired) electrons. The van der Waals surface area contributed by atoms with Gasteiger partial charge in [0.1, 0.15) is 23.2 Å². The first kappa shape index (κ1) is 21.1. The Morgan fingerprint density at radius 2 is 1.84 bits per heavy atom. The lowest BCUT2D eigenvalue weighted by molar-refractivity contribution is -0.128. The van der Waals surface area contributed by atoms with E-state index in [9.17, 15) is 18.4 Å². The normalized spacial score (nSPS) is 15.4. The van der Waals surface area contributed by atoms with Gasteiger partial charge in [0.25, 0.3) is 5.91 Å². The number of carbonyl (C=O) groups excluding carboxylic acids is 2. The lowest BCUT2D eigenvalue weighted by atomic mass is 10.1. The van der Waals surface area contributed by atoms with Crippen LogP contribution in [0.25, 0.3) is 22.6 Å². The Bertz CT molecular complexity index is 1280. The first-order chi connectivity index (χ1) is 15.3. The average molecular weight is 432 g/mol. The van der Waals surface area contributed by atoms with E-state index in [4.69, 9.17) is 5.73 Å². The monoisotopic (exact) mass is 432 g/mol. The van der Waals surface area contributed by atoms with Gasteiger partial charge in [0, 0.05) is 36.3 Å². The van der Waals surface area contributed by atoms with E-state index in [0.717, 1.165) is 18.2 Å². The third-order valence-corrected chi connectivity index (χ3v) is 5.08. The summed E-state index contributed by atoms with van der Waals surface area (Å²) in [4.78, 5) is 34.1. The van der Waals surface area contributed by atoms with Gasteiger partial charge in [-0.3, -0.25) is 9.59 Å². The number of halogens is 2. The van der Waals surface area contributed by atoms with Crippen LogP contribution in [-0.2, 0) is 4.79 Å². The summed E-state index contributed by atoms with van der Waals surface area (Å²) in [5, 5.41) is 0. The van der Waals surface area contributed by atoms with Crippen molar-refractivity contribution in [1.82, 2.24) is 14.9 Å². The van der Waals surface area contributed by atoms with Crippen LogP contribution in [0.5, 0.6) is 0 Å². The Hall–Kier alpha value is -4.12. The fraction of sp³-hybridized carbons (Fsp3) is 0.167. The van der Waals surface area contributed by atoms with Gasteiger partial charge < -0.3 is 10.6 Å². The van der Waals surface area contributed by atoms with Crippen molar-refractivity contribution in [2.24, 2.45) is 11.7 Å². The number of aromatic nitrogens is 2. The van der Waals surface area contributed by atoms with E-state index in [1.807, 2.05) is 0 Å². The van der Waals surface area contributed by atoms with Crippen molar-refractivity contribution in [1.29, 1.82) is 0 Å². The van der Waals surface area contributed by atoms with Crippen LogP contribution in [0.2, 0.25) is 0 Å². The van der Waals surface area contributed by atoms with E-state index in [1.54, 1.807) is 36.2 Å². The van der Waals surface area contributed by atoms with Gasteiger partial charge in [0.2, 0.25) is 5.91 Å². The van der Waals surface area contributed by atoms with E-state index < -0.39 is 17.5 Å². The van der Waals surface area contributed by atoms with Crippen molar-refractivity contribution in [2.45, 2.75) is 6.42 Å². The number of hydrogen-bond donors (Lipinski definition) is 1. The zero-order valence-electron chi connectivity index (χ0n) is 17.1. The minimum Gasteiger partial charge on any atom is -0.364 e. The predicted octanol–water partition coefficient (Wildman–Crippen LogP) is 3.02. The molecule has 0 saturated carbocycles. The van der Waals surface area contributed by atoms with Crippen LogP contribution in [0.4, 0.5) is 8.78 Å². The van der Waals surface area contributed by atoms with E-state index in [-0.39, 0.29) is 34.6 Å². The highest BCUT2D eigenvalue weighted by Crippen LogP contribution is 2.25. The second-order valence-electron chi connectivity index (χ2n) is 7.44. The minimum atomic E-state index is -0.799. The molecule has 6 nitrogen and oxygen atoms in total. The van der Waals surface area contributed by atoms with Crippen molar-refractivity contribution in [3.8, 4) is 34.5 Å². The highest BCUT2D eigenvalue weighted by Gasteiger charge is 2.27. The van der Waals surface area contributed by atoms with Gasteiger partial charge >= 0.3 is 0 Å².